The molecule has 0 radical (unpaired) electrons. The highest BCUT2D eigenvalue weighted by atomic mass is 16.5. The van der Waals surface area contributed by atoms with Crippen LogP contribution in [0.2, 0.25) is 0 Å². The zero-order valence-corrected chi connectivity index (χ0v) is 16.7. The first kappa shape index (κ1) is 19.3. The number of carbonyl (C=O) groups is 1. The molecule has 0 aliphatic rings. The minimum Gasteiger partial charge on any atom is -0.497 e. The molecule has 0 saturated heterocycles. The summed E-state index contributed by atoms with van der Waals surface area (Å²) in [6.07, 6.45) is 1.70. The highest BCUT2D eigenvalue weighted by Gasteiger charge is 2.14. The Bertz CT molecular complexity index is 1240. The highest BCUT2D eigenvalue weighted by Crippen LogP contribution is 2.23. The molecule has 6 nitrogen and oxygen atoms in total. The summed E-state index contributed by atoms with van der Waals surface area (Å²) >= 11 is 0. The van der Waals surface area contributed by atoms with Crippen LogP contribution < -0.4 is 10.2 Å². The monoisotopic (exact) mass is 396 g/mol. The number of pyridine rings is 2. The van der Waals surface area contributed by atoms with E-state index in [9.17, 15) is 4.79 Å². The van der Waals surface area contributed by atoms with Gasteiger partial charge in [0.15, 0.2) is 0 Å². The van der Waals surface area contributed by atoms with Crippen LogP contribution in [0.4, 0.5) is 0 Å². The topological polar surface area (TPSA) is 76.5 Å². The van der Waals surface area contributed by atoms with Crippen molar-refractivity contribution in [3.8, 4) is 17.1 Å². The van der Waals surface area contributed by atoms with E-state index in [1.165, 1.54) is 0 Å². The van der Waals surface area contributed by atoms with Crippen molar-refractivity contribution >= 4 is 22.5 Å². The quantitative estimate of drug-likeness (QED) is 0.399. The van der Waals surface area contributed by atoms with E-state index in [2.05, 4.69) is 20.5 Å². The van der Waals surface area contributed by atoms with Crippen LogP contribution in [0, 0.1) is 0 Å². The van der Waals surface area contributed by atoms with E-state index in [1.54, 1.807) is 19.4 Å². The van der Waals surface area contributed by atoms with E-state index in [-0.39, 0.29) is 5.91 Å². The molecule has 1 amide bonds. The molecular formula is C24H20N4O2. The molecule has 4 aromatic rings. The number of aromatic nitrogens is 2. The van der Waals surface area contributed by atoms with E-state index in [0.717, 1.165) is 22.2 Å². The van der Waals surface area contributed by atoms with Crippen LogP contribution in [0.15, 0.2) is 84.1 Å². The molecule has 1 N–H and O–H groups in total. The van der Waals surface area contributed by atoms with Crippen molar-refractivity contribution in [3.63, 3.8) is 0 Å². The third kappa shape index (κ3) is 4.03. The van der Waals surface area contributed by atoms with Crippen molar-refractivity contribution in [2.45, 2.75) is 6.92 Å². The Balaban J connectivity index is 1.68. The van der Waals surface area contributed by atoms with Gasteiger partial charge in [-0.25, -0.2) is 10.4 Å². The fourth-order valence-electron chi connectivity index (χ4n) is 3.12. The van der Waals surface area contributed by atoms with Crippen LogP contribution in [-0.4, -0.2) is 28.7 Å². The number of methoxy groups -OCH3 is 1. The molecule has 2 aromatic heterocycles. The molecule has 4 rings (SSSR count). The van der Waals surface area contributed by atoms with Gasteiger partial charge < -0.3 is 4.74 Å². The smallest absolute Gasteiger partial charge is 0.272 e. The van der Waals surface area contributed by atoms with Crippen LogP contribution in [0.1, 0.15) is 22.8 Å². The normalized spacial score (nSPS) is 11.3. The number of fused-ring (bicyclic) bond motifs is 1. The Kier molecular flexibility index (Phi) is 5.48. The maximum absolute atomic E-state index is 13.0. The van der Waals surface area contributed by atoms with Crippen molar-refractivity contribution < 1.29 is 9.53 Å². The van der Waals surface area contributed by atoms with Gasteiger partial charge >= 0.3 is 0 Å². The SMILES string of the molecule is COc1cccc(/C(C)=N\NC(=O)c2cc(-c3ccccn3)nc3ccccc23)c1. The molecule has 148 valence electrons. The second kappa shape index (κ2) is 8.53. The summed E-state index contributed by atoms with van der Waals surface area (Å²) in [6, 6.07) is 22.4. The summed E-state index contributed by atoms with van der Waals surface area (Å²) in [4.78, 5) is 22.0. The van der Waals surface area contributed by atoms with E-state index in [4.69, 9.17) is 4.74 Å². The second-order valence-corrected chi connectivity index (χ2v) is 6.66. The van der Waals surface area contributed by atoms with Crippen LogP contribution in [0.3, 0.4) is 0 Å². The number of benzene rings is 2. The van der Waals surface area contributed by atoms with E-state index < -0.39 is 0 Å². The van der Waals surface area contributed by atoms with Crippen LogP contribution in [0.25, 0.3) is 22.3 Å². The summed E-state index contributed by atoms with van der Waals surface area (Å²) in [5, 5.41) is 5.03. The minimum absolute atomic E-state index is 0.312. The second-order valence-electron chi connectivity index (χ2n) is 6.66. The molecule has 2 aromatic carbocycles. The van der Waals surface area contributed by atoms with Crippen molar-refractivity contribution in [1.82, 2.24) is 15.4 Å². The van der Waals surface area contributed by atoms with Gasteiger partial charge in [-0.3, -0.25) is 9.78 Å². The Morgan fingerprint density at radius 1 is 0.967 bits per heavy atom. The zero-order chi connectivity index (χ0) is 20.9. The number of nitrogens with zero attached hydrogens (tertiary/aromatic N) is 3. The van der Waals surface area contributed by atoms with Gasteiger partial charge in [-0.2, -0.15) is 5.10 Å². The molecule has 6 heteroatoms. The molecule has 30 heavy (non-hydrogen) atoms. The van der Waals surface area contributed by atoms with E-state index >= 15 is 0 Å². The van der Waals surface area contributed by atoms with Gasteiger partial charge in [-0.15, -0.1) is 0 Å². The van der Waals surface area contributed by atoms with Crippen molar-refractivity contribution in [2.75, 3.05) is 7.11 Å². The average molecular weight is 396 g/mol. The number of hydrazone groups is 1. The molecule has 2 heterocycles. The molecular weight excluding hydrogens is 376 g/mol. The number of amides is 1. The maximum atomic E-state index is 13.0. The Morgan fingerprint density at radius 2 is 1.80 bits per heavy atom. The van der Waals surface area contributed by atoms with E-state index in [0.29, 0.717) is 22.7 Å². The molecule has 0 atom stereocenters. The summed E-state index contributed by atoms with van der Waals surface area (Å²) in [5.41, 5.74) is 6.75. The number of carbonyl (C=O) groups excluding carboxylic acids is 1. The molecule has 0 aliphatic heterocycles. The van der Waals surface area contributed by atoms with Gasteiger partial charge in [-0.05, 0) is 43.3 Å². The Morgan fingerprint density at radius 3 is 2.60 bits per heavy atom. The first-order valence-electron chi connectivity index (χ1n) is 9.46. The lowest BCUT2D eigenvalue weighted by atomic mass is 10.1. The fourth-order valence-corrected chi connectivity index (χ4v) is 3.12. The number of para-hydroxylation sites is 1. The standard InChI is InChI=1S/C24H20N4O2/c1-16(17-8-7-9-18(14-17)30-2)27-28-24(29)20-15-23(22-12-5-6-13-25-22)26-21-11-4-3-10-19(20)21/h3-15H,1-2H3,(H,28,29)/b27-16-. The van der Waals surface area contributed by atoms with Gasteiger partial charge in [0.1, 0.15) is 5.75 Å². The van der Waals surface area contributed by atoms with Crippen LogP contribution in [0.5, 0.6) is 5.75 Å². The van der Waals surface area contributed by atoms with Gasteiger partial charge in [0, 0.05) is 17.1 Å². The first-order valence-corrected chi connectivity index (χ1v) is 9.46. The number of ether oxygens (including phenoxy) is 1. The molecule has 0 spiro atoms. The molecule has 0 fully saturated rings. The lowest BCUT2D eigenvalue weighted by Crippen LogP contribution is -2.20. The zero-order valence-electron chi connectivity index (χ0n) is 16.7. The summed E-state index contributed by atoms with van der Waals surface area (Å²) < 4.78 is 5.25. The number of hydrogen-bond acceptors (Lipinski definition) is 5. The number of nitrogens with one attached hydrogen (secondary N) is 1. The van der Waals surface area contributed by atoms with Gasteiger partial charge in [-0.1, -0.05) is 36.4 Å². The fraction of sp³-hybridized carbons (Fsp3) is 0.0833. The first-order chi connectivity index (χ1) is 14.7. The van der Waals surface area contributed by atoms with Crippen molar-refractivity contribution in [3.05, 3.63) is 90.1 Å². The van der Waals surface area contributed by atoms with Crippen LogP contribution in [-0.2, 0) is 0 Å². The lowest BCUT2D eigenvalue weighted by Gasteiger charge is -2.09. The van der Waals surface area contributed by atoms with Crippen molar-refractivity contribution in [2.24, 2.45) is 5.10 Å². The number of rotatable bonds is 5. The highest BCUT2D eigenvalue weighted by molar-refractivity contribution is 6.08. The minimum atomic E-state index is -0.312. The maximum Gasteiger partial charge on any atom is 0.272 e. The van der Waals surface area contributed by atoms with Gasteiger partial charge in [0.25, 0.3) is 5.91 Å². The third-order valence-corrected chi connectivity index (χ3v) is 4.70. The average Bonchev–Trinajstić information content (AvgIpc) is 2.82. The van der Waals surface area contributed by atoms with Crippen LogP contribution >= 0.6 is 0 Å². The lowest BCUT2D eigenvalue weighted by molar-refractivity contribution is 0.0956. The predicted octanol–water partition coefficient (Wildman–Crippen LogP) is 4.46. The van der Waals surface area contributed by atoms with Gasteiger partial charge in [0.05, 0.1) is 35.3 Å². The summed E-state index contributed by atoms with van der Waals surface area (Å²) in [7, 11) is 1.61. The summed E-state index contributed by atoms with van der Waals surface area (Å²) in [6.45, 7) is 1.83. The summed E-state index contributed by atoms with van der Waals surface area (Å²) in [5.74, 6) is 0.418. The predicted molar refractivity (Wildman–Crippen MR) is 118 cm³/mol. The third-order valence-electron chi connectivity index (χ3n) is 4.70. The Labute approximate surface area is 174 Å². The van der Waals surface area contributed by atoms with Crippen molar-refractivity contribution in [1.29, 1.82) is 0 Å². The Hall–Kier alpha value is -4.06. The molecule has 0 aliphatic carbocycles. The molecule has 0 bridgehead atoms. The van der Waals surface area contributed by atoms with Gasteiger partial charge in [0.2, 0.25) is 0 Å². The largest absolute Gasteiger partial charge is 0.497 e. The molecule has 0 saturated carbocycles. The number of hydrogen-bond donors (Lipinski definition) is 1. The van der Waals surface area contributed by atoms with E-state index in [1.807, 2.05) is 73.7 Å². The molecule has 0 unspecified atom stereocenters.